The number of thiophene rings is 1. The third kappa shape index (κ3) is 6.51. The number of nitrogens with zero attached hydrogens (tertiary/aromatic N) is 2. The summed E-state index contributed by atoms with van der Waals surface area (Å²) in [6.07, 6.45) is -1.75. The molecule has 11 heteroatoms. The zero-order chi connectivity index (χ0) is 22.4. The van der Waals surface area contributed by atoms with Gasteiger partial charge in [-0.05, 0) is 46.2 Å². The van der Waals surface area contributed by atoms with Gasteiger partial charge in [0, 0.05) is 37.0 Å². The van der Waals surface area contributed by atoms with Gasteiger partial charge in [0.15, 0.2) is 6.61 Å². The number of anilines is 1. The van der Waals surface area contributed by atoms with Crippen molar-refractivity contribution in [3.63, 3.8) is 0 Å². The number of carbonyl (C=O) groups excluding carboxylic acids is 2. The predicted molar refractivity (Wildman–Crippen MR) is 109 cm³/mol. The summed E-state index contributed by atoms with van der Waals surface area (Å²) >= 11 is 1.38. The highest BCUT2D eigenvalue weighted by molar-refractivity contribution is 7.08. The van der Waals surface area contributed by atoms with Crippen LogP contribution in [0.25, 0.3) is 11.1 Å². The van der Waals surface area contributed by atoms with Crippen molar-refractivity contribution in [2.75, 3.05) is 11.9 Å². The maximum atomic E-state index is 12.5. The van der Waals surface area contributed by atoms with Crippen molar-refractivity contribution >= 4 is 29.0 Å². The van der Waals surface area contributed by atoms with Crippen molar-refractivity contribution in [2.24, 2.45) is 0 Å². The van der Waals surface area contributed by atoms with E-state index in [-0.39, 0.29) is 29.7 Å². The van der Waals surface area contributed by atoms with E-state index in [2.05, 4.69) is 20.6 Å². The molecule has 31 heavy (non-hydrogen) atoms. The molecule has 3 aromatic heterocycles. The molecular weight excluding hydrogens is 433 g/mol. The highest BCUT2D eigenvalue weighted by Crippen LogP contribution is 2.31. The first-order chi connectivity index (χ1) is 14.7. The number of nitrogens with one attached hydrogen (secondary N) is 2. The highest BCUT2D eigenvalue weighted by Gasteiger charge is 2.29. The Morgan fingerprint density at radius 1 is 1.19 bits per heavy atom. The normalized spacial score (nSPS) is 11.1. The fraction of sp³-hybridized carbons (Fsp3) is 0.200. The first kappa shape index (κ1) is 22.2. The van der Waals surface area contributed by atoms with Gasteiger partial charge < -0.3 is 15.4 Å². The number of hydrogen-bond acceptors (Lipinski definition) is 6. The summed E-state index contributed by atoms with van der Waals surface area (Å²) in [4.78, 5) is 31.5. The third-order valence-corrected chi connectivity index (χ3v) is 4.58. The second-order valence-electron chi connectivity index (χ2n) is 6.41. The zero-order valence-corrected chi connectivity index (χ0v) is 17.0. The van der Waals surface area contributed by atoms with Crippen LogP contribution in [0.4, 0.5) is 19.0 Å². The number of rotatable bonds is 7. The van der Waals surface area contributed by atoms with E-state index in [0.29, 0.717) is 16.7 Å². The lowest BCUT2D eigenvalue weighted by Crippen LogP contribution is -2.23. The summed E-state index contributed by atoms with van der Waals surface area (Å²) in [5, 5.41) is 8.75. The molecule has 0 radical (unpaired) electrons. The smallest absolute Gasteiger partial charge is 0.422 e. The van der Waals surface area contributed by atoms with E-state index in [0.717, 1.165) is 0 Å². The van der Waals surface area contributed by atoms with Crippen molar-refractivity contribution < 1.29 is 27.5 Å². The van der Waals surface area contributed by atoms with Gasteiger partial charge in [-0.1, -0.05) is 0 Å². The summed E-state index contributed by atoms with van der Waals surface area (Å²) in [6.45, 7) is -0.0409. The van der Waals surface area contributed by atoms with E-state index >= 15 is 0 Å². The van der Waals surface area contributed by atoms with Gasteiger partial charge >= 0.3 is 6.18 Å². The van der Waals surface area contributed by atoms with E-state index in [4.69, 9.17) is 4.74 Å². The van der Waals surface area contributed by atoms with E-state index in [1.165, 1.54) is 42.8 Å². The zero-order valence-electron chi connectivity index (χ0n) is 16.2. The Labute approximate surface area is 179 Å². The number of carbonyl (C=O) groups is 2. The fourth-order valence-corrected chi connectivity index (χ4v) is 3.24. The lowest BCUT2D eigenvalue weighted by molar-refractivity contribution is -0.154. The molecule has 0 bridgehead atoms. The molecule has 0 saturated carbocycles. The second-order valence-corrected chi connectivity index (χ2v) is 7.19. The van der Waals surface area contributed by atoms with Crippen molar-refractivity contribution in [3.05, 3.63) is 58.5 Å². The molecule has 162 valence electrons. The van der Waals surface area contributed by atoms with Gasteiger partial charge in [0.25, 0.3) is 5.91 Å². The Hall–Kier alpha value is -3.47. The molecule has 0 aliphatic carbocycles. The van der Waals surface area contributed by atoms with Gasteiger partial charge in [-0.25, -0.2) is 9.97 Å². The number of hydrogen-bond donors (Lipinski definition) is 2. The van der Waals surface area contributed by atoms with Gasteiger partial charge in [0.2, 0.25) is 11.8 Å². The van der Waals surface area contributed by atoms with E-state index < -0.39 is 18.7 Å². The van der Waals surface area contributed by atoms with Crippen LogP contribution in [0.15, 0.2) is 47.4 Å². The number of aromatic nitrogens is 2. The lowest BCUT2D eigenvalue weighted by atomic mass is 10.1. The maximum Gasteiger partial charge on any atom is 0.422 e. The summed E-state index contributed by atoms with van der Waals surface area (Å²) in [5.41, 5.74) is 1.92. The number of halogens is 3. The van der Waals surface area contributed by atoms with Crippen LogP contribution >= 0.6 is 11.3 Å². The Bertz CT molecular complexity index is 1070. The van der Waals surface area contributed by atoms with Crippen LogP contribution in [-0.4, -0.2) is 34.6 Å². The minimum atomic E-state index is -4.49. The number of pyridine rings is 2. The summed E-state index contributed by atoms with van der Waals surface area (Å²) < 4.78 is 42.5. The first-order valence-electron chi connectivity index (χ1n) is 8.94. The molecule has 0 atom stereocenters. The third-order valence-electron chi connectivity index (χ3n) is 3.89. The van der Waals surface area contributed by atoms with Gasteiger partial charge in [-0.3, -0.25) is 9.59 Å². The molecule has 0 saturated heterocycles. The standard InChI is InChI=1S/C20H17F3N4O3S/c1-12(28)27-17-7-14(2-4-24-17)18(29)25-8-13-6-16(15-3-5-31-10-15)19(26-9-13)30-11-20(21,22)23/h2-7,9-10H,8,11H2,1H3,(H,25,29)(H,24,27,28). The molecule has 0 spiro atoms. The average Bonchev–Trinajstić information content (AvgIpc) is 3.24. The molecule has 0 aromatic carbocycles. The van der Waals surface area contributed by atoms with Gasteiger partial charge in [0.05, 0.1) is 0 Å². The van der Waals surface area contributed by atoms with Crippen LogP contribution in [-0.2, 0) is 11.3 Å². The molecule has 2 amide bonds. The molecule has 0 fully saturated rings. The molecule has 3 heterocycles. The van der Waals surface area contributed by atoms with Crippen LogP contribution in [0.2, 0.25) is 0 Å². The maximum absolute atomic E-state index is 12.5. The molecule has 2 N–H and O–H groups in total. The quantitative estimate of drug-likeness (QED) is 0.567. The number of ether oxygens (including phenoxy) is 1. The van der Waals surface area contributed by atoms with E-state index in [1.807, 2.05) is 0 Å². The van der Waals surface area contributed by atoms with Crippen LogP contribution < -0.4 is 15.4 Å². The monoisotopic (exact) mass is 450 g/mol. The van der Waals surface area contributed by atoms with E-state index in [9.17, 15) is 22.8 Å². The summed E-state index contributed by atoms with van der Waals surface area (Å²) in [6, 6.07) is 6.28. The van der Waals surface area contributed by atoms with Crippen LogP contribution in [0, 0.1) is 0 Å². The highest BCUT2D eigenvalue weighted by atomic mass is 32.1. The molecule has 0 aliphatic heterocycles. The summed E-state index contributed by atoms with van der Waals surface area (Å²) in [5.74, 6) is -0.624. The average molecular weight is 450 g/mol. The second kappa shape index (κ2) is 9.56. The Morgan fingerprint density at radius 3 is 2.68 bits per heavy atom. The fourth-order valence-electron chi connectivity index (χ4n) is 2.59. The molecule has 0 unspecified atom stereocenters. The minimum Gasteiger partial charge on any atom is -0.468 e. The van der Waals surface area contributed by atoms with Gasteiger partial charge in [0.1, 0.15) is 5.82 Å². The van der Waals surface area contributed by atoms with Crippen LogP contribution in [0.1, 0.15) is 22.8 Å². The largest absolute Gasteiger partial charge is 0.468 e. The molecule has 0 aliphatic rings. The Balaban J connectivity index is 1.74. The SMILES string of the molecule is CC(=O)Nc1cc(C(=O)NCc2cnc(OCC(F)(F)F)c(-c3ccsc3)c2)ccn1. The van der Waals surface area contributed by atoms with Crippen molar-refractivity contribution in [1.82, 2.24) is 15.3 Å². The van der Waals surface area contributed by atoms with Crippen molar-refractivity contribution in [2.45, 2.75) is 19.6 Å². The van der Waals surface area contributed by atoms with Crippen LogP contribution in [0.5, 0.6) is 5.88 Å². The molecule has 7 nitrogen and oxygen atoms in total. The predicted octanol–water partition coefficient (Wildman–Crippen LogP) is 4.03. The van der Waals surface area contributed by atoms with Crippen molar-refractivity contribution in [1.29, 1.82) is 0 Å². The van der Waals surface area contributed by atoms with Crippen LogP contribution in [0.3, 0.4) is 0 Å². The Morgan fingerprint density at radius 2 is 2.00 bits per heavy atom. The summed E-state index contributed by atoms with van der Waals surface area (Å²) in [7, 11) is 0. The Kier molecular flexibility index (Phi) is 6.85. The number of alkyl halides is 3. The molecular formula is C20H17F3N4O3S. The van der Waals surface area contributed by atoms with E-state index in [1.54, 1.807) is 22.9 Å². The van der Waals surface area contributed by atoms with Gasteiger partial charge in [-0.15, -0.1) is 0 Å². The van der Waals surface area contributed by atoms with Crippen molar-refractivity contribution in [3.8, 4) is 17.0 Å². The van der Waals surface area contributed by atoms with Gasteiger partial charge in [-0.2, -0.15) is 24.5 Å². The first-order valence-corrected chi connectivity index (χ1v) is 9.88. The molecule has 3 aromatic rings. The topological polar surface area (TPSA) is 93.2 Å². The molecule has 3 rings (SSSR count). The lowest BCUT2D eigenvalue weighted by Gasteiger charge is -2.13. The minimum absolute atomic E-state index is 0.0836. The number of amides is 2.